The molecule has 1 fully saturated rings. The van der Waals surface area contributed by atoms with Crippen LogP contribution in [0.25, 0.3) is 0 Å². The highest BCUT2D eigenvalue weighted by atomic mass is 79.9. The van der Waals surface area contributed by atoms with Crippen molar-refractivity contribution in [3.63, 3.8) is 0 Å². The van der Waals surface area contributed by atoms with Gasteiger partial charge in [0.2, 0.25) is 5.88 Å². The van der Waals surface area contributed by atoms with Gasteiger partial charge in [-0.05, 0) is 22.0 Å². The number of hydrogen-bond acceptors (Lipinski definition) is 4. The van der Waals surface area contributed by atoms with Crippen LogP contribution >= 0.6 is 27.5 Å². The highest BCUT2D eigenvalue weighted by Crippen LogP contribution is 2.24. The molecule has 1 aromatic rings. The van der Waals surface area contributed by atoms with E-state index in [1.54, 1.807) is 11.0 Å². The lowest BCUT2D eigenvalue weighted by Crippen LogP contribution is -2.51. The number of piperazine rings is 1. The number of nitrogens with zero attached hydrogens (tertiary/aromatic N) is 3. The predicted octanol–water partition coefficient (Wildman–Crippen LogP) is 1.70. The van der Waals surface area contributed by atoms with Crippen LogP contribution in [0, 0.1) is 0 Å². The molecule has 1 aromatic heterocycles. The summed E-state index contributed by atoms with van der Waals surface area (Å²) in [6.45, 7) is 1.14. The van der Waals surface area contributed by atoms with Crippen LogP contribution < -0.4 is 4.74 Å². The zero-order chi connectivity index (χ0) is 15.4. The van der Waals surface area contributed by atoms with E-state index in [0.717, 1.165) is 4.47 Å². The summed E-state index contributed by atoms with van der Waals surface area (Å²) < 4.78 is 6.01. The van der Waals surface area contributed by atoms with Crippen molar-refractivity contribution < 1.29 is 19.4 Å². The molecule has 9 heteroatoms. The van der Waals surface area contributed by atoms with E-state index in [0.29, 0.717) is 31.2 Å². The van der Waals surface area contributed by atoms with Crippen LogP contribution in [0.5, 0.6) is 5.88 Å². The summed E-state index contributed by atoms with van der Waals surface area (Å²) in [5.74, 6) is -0.0294. The molecule has 7 nitrogen and oxygen atoms in total. The van der Waals surface area contributed by atoms with Gasteiger partial charge in [-0.3, -0.25) is 4.79 Å². The van der Waals surface area contributed by atoms with Gasteiger partial charge in [0.15, 0.2) is 6.61 Å². The molecule has 0 radical (unpaired) electrons. The van der Waals surface area contributed by atoms with Crippen LogP contribution in [0.15, 0.2) is 16.7 Å². The average molecular weight is 379 g/mol. The first-order chi connectivity index (χ1) is 9.97. The van der Waals surface area contributed by atoms with Crippen molar-refractivity contribution in [3.8, 4) is 5.88 Å². The van der Waals surface area contributed by atoms with Gasteiger partial charge in [0.1, 0.15) is 5.02 Å². The SMILES string of the molecule is O=C(O)N1CCN(C(=O)COc2ncc(Br)cc2Cl)CC1. The fraction of sp³-hybridized carbons (Fsp3) is 0.417. The molecule has 0 saturated carbocycles. The molecule has 0 unspecified atom stereocenters. The van der Waals surface area contributed by atoms with E-state index in [-0.39, 0.29) is 18.4 Å². The van der Waals surface area contributed by atoms with Crippen LogP contribution in [0.3, 0.4) is 0 Å². The van der Waals surface area contributed by atoms with Gasteiger partial charge in [0.05, 0.1) is 0 Å². The number of ether oxygens (including phenoxy) is 1. The van der Waals surface area contributed by atoms with Crippen LogP contribution in [0.4, 0.5) is 4.79 Å². The molecule has 0 aliphatic carbocycles. The topological polar surface area (TPSA) is 83.0 Å². The summed E-state index contributed by atoms with van der Waals surface area (Å²) in [7, 11) is 0. The van der Waals surface area contributed by atoms with Crippen LogP contribution in [0.2, 0.25) is 5.02 Å². The minimum absolute atomic E-state index is 0.179. The monoisotopic (exact) mass is 377 g/mol. The van der Waals surface area contributed by atoms with Crippen LogP contribution in [-0.2, 0) is 4.79 Å². The fourth-order valence-electron chi connectivity index (χ4n) is 1.88. The van der Waals surface area contributed by atoms with E-state index < -0.39 is 6.09 Å². The summed E-state index contributed by atoms with van der Waals surface area (Å²) in [6, 6.07) is 1.62. The molecule has 1 saturated heterocycles. The maximum absolute atomic E-state index is 12.0. The van der Waals surface area contributed by atoms with Gasteiger partial charge in [-0.25, -0.2) is 9.78 Å². The molecule has 21 heavy (non-hydrogen) atoms. The third-order valence-corrected chi connectivity index (χ3v) is 3.71. The van der Waals surface area contributed by atoms with Gasteiger partial charge >= 0.3 is 6.09 Å². The van der Waals surface area contributed by atoms with Gasteiger partial charge in [0, 0.05) is 36.8 Å². The Kier molecular flexibility index (Phi) is 5.24. The summed E-state index contributed by atoms with van der Waals surface area (Å²) >= 11 is 9.16. The van der Waals surface area contributed by atoms with Gasteiger partial charge in [-0.1, -0.05) is 11.6 Å². The first kappa shape index (κ1) is 15.8. The number of pyridine rings is 1. The summed E-state index contributed by atoms with van der Waals surface area (Å²) in [5.41, 5.74) is 0. The molecule has 2 amide bonds. The number of carboxylic acid groups (broad SMARTS) is 1. The van der Waals surface area contributed by atoms with E-state index in [4.69, 9.17) is 21.4 Å². The number of halogens is 2. The molecular formula is C12H13BrClN3O4. The Balaban J connectivity index is 1.84. The minimum Gasteiger partial charge on any atom is -0.466 e. The van der Waals surface area contributed by atoms with Crippen LogP contribution in [0.1, 0.15) is 0 Å². The van der Waals surface area contributed by atoms with E-state index >= 15 is 0 Å². The zero-order valence-corrected chi connectivity index (χ0v) is 13.3. The molecule has 0 atom stereocenters. The lowest BCUT2D eigenvalue weighted by molar-refractivity contribution is -0.135. The minimum atomic E-state index is -0.968. The van der Waals surface area contributed by atoms with E-state index in [2.05, 4.69) is 20.9 Å². The van der Waals surface area contributed by atoms with E-state index in [1.807, 2.05) is 0 Å². The summed E-state index contributed by atoms with van der Waals surface area (Å²) in [4.78, 5) is 29.6. The highest BCUT2D eigenvalue weighted by molar-refractivity contribution is 9.10. The molecule has 1 aliphatic heterocycles. The Morgan fingerprint density at radius 3 is 2.52 bits per heavy atom. The zero-order valence-electron chi connectivity index (χ0n) is 11.0. The third kappa shape index (κ3) is 4.21. The summed E-state index contributed by atoms with van der Waals surface area (Å²) in [5, 5.41) is 9.15. The number of hydrogen-bond donors (Lipinski definition) is 1. The smallest absolute Gasteiger partial charge is 0.407 e. The molecule has 1 aliphatic rings. The first-order valence-corrected chi connectivity index (χ1v) is 7.34. The highest BCUT2D eigenvalue weighted by Gasteiger charge is 2.24. The molecular weight excluding hydrogens is 366 g/mol. The molecule has 2 rings (SSSR count). The maximum Gasteiger partial charge on any atom is 0.407 e. The van der Waals surface area contributed by atoms with Crippen LogP contribution in [-0.4, -0.2) is 64.7 Å². The normalized spacial score (nSPS) is 15.0. The standard InChI is InChI=1S/C12H13BrClN3O4/c13-8-5-9(14)11(15-6-8)21-7-10(18)16-1-3-17(4-2-16)12(19)20/h5-6H,1-4,7H2,(H,19,20). The average Bonchev–Trinajstić information content (AvgIpc) is 2.46. The molecule has 0 aromatic carbocycles. The number of rotatable bonds is 3. The predicted molar refractivity (Wildman–Crippen MR) is 78.6 cm³/mol. The van der Waals surface area contributed by atoms with Gasteiger partial charge < -0.3 is 19.6 Å². The molecule has 114 valence electrons. The Bertz CT molecular complexity index is 549. The maximum atomic E-state index is 12.0. The van der Waals surface area contributed by atoms with Gasteiger partial charge in [-0.15, -0.1) is 0 Å². The lowest BCUT2D eigenvalue weighted by Gasteiger charge is -2.32. The number of amides is 2. The first-order valence-electron chi connectivity index (χ1n) is 6.17. The van der Waals surface area contributed by atoms with Crippen molar-refractivity contribution in [1.29, 1.82) is 0 Å². The largest absolute Gasteiger partial charge is 0.466 e. The Labute approximate surface area is 134 Å². The van der Waals surface area contributed by atoms with E-state index in [1.165, 1.54) is 11.1 Å². The second-order valence-electron chi connectivity index (χ2n) is 4.38. The van der Waals surface area contributed by atoms with Crippen molar-refractivity contribution in [2.45, 2.75) is 0 Å². The van der Waals surface area contributed by atoms with Gasteiger partial charge in [-0.2, -0.15) is 0 Å². The number of carbonyl (C=O) groups excluding carboxylic acids is 1. The fourth-order valence-corrected chi connectivity index (χ4v) is 2.56. The van der Waals surface area contributed by atoms with Crippen molar-refractivity contribution in [2.24, 2.45) is 0 Å². The Hall–Kier alpha value is -1.54. The lowest BCUT2D eigenvalue weighted by atomic mass is 10.3. The third-order valence-electron chi connectivity index (χ3n) is 3.01. The second-order valence-corrected chi connectivity index (χ2v) is 5.70. The molecule has 0 bridgehead atoms. The second kappa shape index (κ2) is 6.95. The number of aromatic nitrogens is 1. The van der Waals surface area contributed by atoms with E-state index in [9.17, 15) is 9.59 Å². The molecule has 2 heterocycles. The Morgan fingerprint density at radius 2 is 1.95 bits per heavy atom. The summed E-state index contributed by atoms with van der Waals surface area (Å²) in [6.07, 6.45) is 0.557. The van der Waals surface area contributed by atoms with Crippen molar-refractivity contribution in [1.82, 2.24) is 14.8 Å². The van der Waals surface area contributed by atoms with Gasteiger partial charge in [0.25, 0.3) is 5.91 Å². The quantitative estimate of drug-likeness (QED) is 0.865. The van der Waals surface area contributed by atoms with Crippen molar-refractivity contribution >= 4 is 39.5 Å². The Morgan fingerprint density at radius 1 is 1.33 bits per heavy atom. The van der Waals surface area contributed by atoms with Crippen molar-refractivity contribution in [2.75, 3.05) is 32.8 Å². The molecule has 0 spiro atoms. The molecule has 1 N–H and O–H groups in total. The van der Waals surface area contributed by atoms with Crippen molar-refractivity contribution in [3.05, 3.63) is 21.8 Å². The number of carbonyl (C=O) groups is 2.